The number of rotatable bonds is 5. The van der Waals surface area contributed by atoms with Crippen molar-refractivity contribution in [3.8, 4) is 51.7 Å². The fourth-order valence-electron chi connectivity index (χ4n) is 4.26. The molecule has 9 N–H and O–H groups in total. The number of aromatic hydroxyl groups is 9. The molecule has 0 spiro atoms. The first-order valence-electron chi connectivity index (χ1n) is 18.4. The summed E-state index contributed by atoms with van der Waals surface area (Å²) in [5.74, 6) is -0.207. The van der Waals surface area contributed by atoms with E-state index in [0.29, 0.717) is 5.75 Å². The smallest absolute Gasteiger partial charge is 0.157 e. The topological polar surface area (TPSA) is 182 Å². The molecule has 55 heavy (non-hydrogen) atoms. The van der Waals surface area contributed by atoms with Gasteiger partial charge in [-0.1, -0.05) is 152 Å². The van der Waals surface area contributed by atoms with Gasteiger partial charge in [0.25, 0.3) is 0 Å². The molecule has 0 aliphatic rings. The van der Waals surface area contributed by atoms with Crippen LogP contribution in [0.3, 0.4) is 0 Å². The van der Waals surface area contributed by atoms with Crippen LogP contribution in [0.15, 0.2) is 133 Å². The predicted octanol–water partition coefficient (Wildman–Crippen LogP) is 11.9. The van der Waals surface area contributed by atoms with E-state index in [-0.39, 0.29) is 46.0 Å². The molecule has 6 rings (SSSR count). The first-order valence-corrected chi connectivity index (χ1v) is 18.4. The number of benzene rings is 6. The van der Waals surface area contributed by atoms with E-state index >= 15 is 0 Å². The van der Waals surface area contributed by atoms with Gasteiger partial charge in [-0.3, -0.25) is 0 Å². The zero-order valence-corrected chi connectivity index (χ0v) is 32.7. The fourth-order valence-corrected chi connectivity index (χ4v) is 4.26. The van der Waals surface area contributed by atoms with Crippen molar-refractivity contribution in [2.24, 2.45) is 0 Å². The van der Waals surface area contributed by atoms with Crippen molar-refractivity contribution in [3.05, 3.63) is 139 Å². The van der Waals surface area contributed by atoms with Crippen molar-refractivity contribution in [2.45, 2.75) is 79.6 Å². The van der Waals surface area contributed by atoms with E-state index in [1.165, 1.54) is 92.4 Å². The Morgan fingerprint density at radius 2 is 0.545 bits per heavy atom. The number of phenolic OH excluding ortho intramolecular Hbond substituents is 9. The van der Waals surface area contributed by atoms with E-state index in [9.17, 15) is 5.11 Å². The van der Waals surface area contributed by atoms with Crippen molar-refractivity contribution in [2.75, 3.05) is 0 Å². The van der Waals surface area contributed by atoms with Crippen LogP contribution in [-0.4, -0.2) is 46.0 Å². The van der Waals surface area contributed by atoms with Crippen LogP contribution < -0.4 is 0 Å². The SMILES string of the molecule is CCCCC.CCCCC.CCc1c(O)ccc2ccccc12.Oc1ccccc1O.Oc1ccccc1O.Oc1ccccc1O.Oc1ccccc1O. The summed E-state index contributed by atoms with van der Waals surface area (Å²) >= 11 is 0. The van der Waals surface area contributed by atoms with Gasteiger partial charge in [-0.15, -0.1) is 0 Å². The maximum atomic E-state index is 9.61. The van der Waals surface area contributed by atoms with E-state index < -0.39 is 0 Å². The molecule has 6 aromatic carbocycles. The Morgan fingerprint density at radius 3 is 0.764 bits per heavy atom. The standard InChI is InChI=1S/C12H12O.4C6H6O2.2C5H12/c1-2-10-11-6-4-3-5-9(11)7-8-12(10)13;4*7-5-3-1-2-4-6(5)8;2*1-3-5-4-2/h3-8,13H,2H2,1H3;4*1-4,7-8H;2*3-5H2,1-2H3. The van der Waals surface area contributed by atoms with Crippen LogP contribution in [0.4, 0.5) is 0 Å². The largest absolute Gasteiger partial charge is 0.508 e. The minimum Gasteiger partial charge on any atom is -0.508 e. The van der Waals surface area contributed by atoms with Gasteiger partial charge in [0.15, 0.2) is 46.0 Å². The molecule has 6 aromatic rings. The lowest BCUT2D eigenvalue weighted by Gasteiger charge is -2.05. The number of hydrogen-bond acceptors (Lipinski definition) is 9. The van der Waals surface area contributed by atoms with Crippen molar-refractivity contribution < 1.29 is 46.0 Å². The number of hydrogen-bond donors (Lipinski definition) is 9. The highest BCUT2D eigenvalue weighted by molar-refractivity contribution is 5.87. The average Bonchev–Trinajstić information content (AvgIpc) is 3.19. The molecule has 9 nitrogen and oxygen atoms in total. The molecule has 0 aliphatic heterocycles. The van der Waals surface area contributed by atoms with Crippen molar-refractivity contribution in [1.82, 2.24) is 0 Å². The molecule has 0 aliphatic carbocycles. The Kier molecular flexibility index (Phi) is 26.8. The zero-order chi connectivity index (χ0) is 41.4. The summed E-state index contributed by atoms with van der Waals surface area (Å²) in [4.78, 5) is 0. The van der Waals surface area contributed by atoms with Crippen LogP contribution in [0.25, 0.3) is 10.8 Å². The van der Waals surface area contributed by atoms with Crippen LogP contribution in [0.5, 0.6) is 51.7 Å². The third-order valence-corrected chi connectivity index (χ3v) is 7.31. The Labute approximate surface area is 326 Å². The molecule has 0 bridgehead atoms. The van der Waals surface area contributed by atoms with Gasteiger partial charge in [-0.2, -0.15) is 0 Å². The van der Waals surface area contributed by atoms with Crippen molar-refractivity contribution in [3.63, 3.8) is 0 Å². The Hall–Kier alpha value is -6.22. The monoisotopic (exact) mass is 756 g/mol. The third kappa shape index (κ3) is 21.8. The van der Waals surface area contributed by atoms with Gasteiger partial charge in [0.1, 0.15) is 5.75 Å². The summed E-state index contributed by atoms with van der Waals surface area (Å²) in [5, 5.41) is 81.3. The van der Waals surface area contributed by atoms with Gasteiger partial charge < -0.3 is 46.0 Å². The van der Waals surface area contributed by atoms with Gasteiger partial charge >= 0.3 is 0 Å². The molecule has 0 amide bonds. The van der Waals surface area contributed by atoms with Gasteiger partial charge in [-0.05, 0) is 71.8 Å². The second kappa shape index (κ2) is 30.3. The molecule has 298 valence electrons. The lowest BCUT2D eigenvalue weighted by atomic mass is 10.0. The highest BCUT2D eigenvalue weighted by Crippen LogP contribution is 2.27. The molecule has 0 heterocycles. The number of fused-ring (bicyclic) bond motifs is 1. The summed E-state index contributed by atoms with van der Waals surface area (Å²) in [6.07, 6.45) is 9.02. The highest BCUT2D eigenvalue weighted by atomic mass is 16.3. The minimum absolute atomic E-state index is 0.0764. The van der Waals surface area contributed by atoms with E-state index in [1.54, 1.807) is 54.6 Å². The molecular weight excluding hydrogens is 696 g/mol. The Balaban J connectivity index is 0.000000634. The van der Waals surface area contributed by atoms with Gasteiger partial charge in [0, 0.05) is 5.56 Å². The van der Waals surface area contributed by atoms with Crippen LogP contribution in [-0.2, 0) is 6.42 Å². The maximum absolute atomic E-state index is 9.61. The average molecular weight is 757 g/mol. The van der Waals surface area contributed by atoms with Crippen molar-refractivity contribution in [1.29, 1.82) is 0 Å². The molecule has 0 saturated heterocycles. The fraction of sp³-hybridized carbons (Fsp3) is 0.261. The first-order chi connectivity index (χ1) is 26.4. The van der Waals surface area contributed by atoms with E-state index in [4.69, 9.17) is 40.9 Å². The molecular formula is C46H60O9. The van der Waals surface area contributed by atoms with Crippen LogP contribution in [0.1, 0.15) is 78.7 Å². The van der Waals surface area contributed by atoms with E-state index in [1.807, 2.05) is 24.3 Å². The highest BCUT2D eigenvalue weighted by Gasteiger charge is 2.03. The van der Waals surface area contributed by atoms with E-state index in [0.717, 1.165) is 17.4 Å². The molecule has 0 radical (unpaired) electrons. The van der Waals surface area contributed by atoms with E-state index in [2.05, 4.69) is 40.7 Å². The Morgan fingerprint density at radius 1 is 0.291 bits per heavy atom. The number of aryl methyl sites for hydroxylation is 1. The summed E-state index contributed by atoms with van der Waals surface area (Å²) in [5.41, 5.74) is 1.04. The number of unbranched alkanes of at least 4 members (excludes halogenated alkanes) is 4. The van der Waals surface area contributed by atoms with Crippen LogP contribution >= 0.6 is 0 Å². The summed E-state index contributed by atoms with van der Waals surface area (Å²) in [6.45, 7) is 10.9. The van der Waals surface area contributed by atoms with Crippen LogP contribution in [0.2, 0.25) is 0 Å². The summed E-state index contributed by atoms with van der Waals surface area (Å²) < 4.78 is 0. The summed E-state index contributed by atoms with van der Waals surface area (Å²) in [6, 6.07) is 36.4. The maximum Gasteiger partial charge on any atom is 0.157 e. The normalized spacial score (nSPS) is 9.25. The molecule has 0 unspecified atom stereocenters. The lowest BCUT2D eigenvalue weighted by Crippen LogP contribution is -1.84. The number of para-hydroxylation sites is 8. The molecule has 0 atom stereocenters. The lowest BCUT2D eigenvalue weighted by molar-refractivity contribution is 0.404. The molecule has 9 heteroatoms. The second-order valence-corrected chi connectivity index (χ2v) is 11.8. The van der Waals surface area contributed by atoms with Crippen molar-refractivity contribution >= 4 is 10.8 Å². The molecule has 0 saturated carbocycles. The van der Waals surface area contributed by atoms with Gasteiger partial charge in [0.2, 0.25) is 0 Å². The van der Waals surface area contributed by atoms with Gasteiger partial charge in [0.05, 0.1) is 0 Å². The molecule has 0 fully saturated rings. The summed E-state index contributed by atoms with van der Waals surface area (Å²) in [7, 11) is 0. The molecule has 0 aromatic heterocycles. The number of phenols is 9. The predicted molar refractivity (Wildman–Crippen MR) is 224 cm³/mol. The zero-order valence-electron chi connectivity index (χ0n) is 32.7. The third-order valence-electron chi connectivity index (χ3n) is 7.31. The van der Waals surface area contributed by atoms with Crippen LogP contribution in [0, 0.1) is 0 Å². The minimum atomic E-state index is -0.0764. The quantitative estimate of drug-likeness (QED) is 0.0773. The van der Waals surface area contributed by atoms with Gasteiger partial charge in [-0.25, -0.2) is 0 Å². The Bertz CT molecular complexity index is 1590. The second-order valence-electron chi connectivity index (χ2n) is 11.8. The first kappa shape index (κ1) is 48.8.